The molecule has 1 N–H and O–H groups in total. The van der Waals surface area contributed by atoms with Gasteiger partial charge in [-0.1, -0.05) is 0 Å². The number of anilines is 3. The molecular weight excluding hydrogens is 398 g/mol. The zero-order valence-electron chi connectivity index (χ0n) is 18.5. The molecule has 0 unspecified atom stereocenters. The van der Waals surface area contributed by atoms with E-state index >= 15 is 0 Å². The summed E-state index contributed by atoms with van der Waals surface area (Å²) in [7, 11) is 4.79. The number of hydrogen-bond acceptors (Lipinski definition) is 9. The van der Waals surface area contributed by atoms with Crippen LogP contribution in [0.5, 0.6) is 17.2 Å². The maximum absolute atomic E-state index is 5.49. The lowest BCUT2D eigenvalue weighted by Gasteiger charge is -2.40. The molecule has 1 aromatic heterocycles. The van der Waals surface area contributed by atoms with E-state index in [2.05, 4.69) is 25.1 Å². The minimum atomic E-state index is 0.557. The summed E-state index contributed by atoms with van der Waals surface area (Å²) in [5.41, 5.74) is 0.796. The lowest BCUT2D eigenvalue weighted by atomic mass is 10.0. The normalized spacial score (nSPS) is 18.0. The van der Waals surface area contributed by atoms with Crippen molar-refractivity contribution in [2.24, 2.45) is 0 Å². The van der Waals surface area contributed by atoms with Crippen molar-refractivity contribution in [1.82, 2.24) is 14.9 Å². The van der Waals surface area contributed by atoms with Crippen LogP contribution in [0.3, 0.4) is 0 Å². The highest BCUT2D eigenvalue weighted by Crippen LogP contribution is 2.40. The Bertz CT molecular complexity index is 842. The summed E-state index contributed by atoms with van der Waals surface area (Å²) in [5.74, 6) is 3.38. The Morgan fingerprint density at radius 2 is 1.58 bits per heavy atom. The molecule has 2 saturated heterocycles. The van der Waals surface area contributed by atoms with Crippen molar-refractivity contribution in [3.8, 4) is 17.2 Å². The van der Waals surface area contributed by atoms with Crippen molar-refractivity contribution < 1.29 is 18.9 Å². The number of ether oxygens (including phenoxy) is 4. The van der Waals surface area contributed by atoms with Crippen molar-refractivity contribution in [3.05, 3.63) is 24.5 Å². The predicted molar refractivity (Wildman–Crippen MR) is 119 cm³/mol. The highest BCUT2D eigenvalue weighted by Gasteiger charge is 2.26. The quantitative estimate of drug-likeness (QED) is 0.714. The van der Waals surface area contributed by atoms with Crippen LogP contribution in [-0.4, -0.2) is 81.6 Å². The third-order valence-corrected chi connectivity index (χ3v) is 5.94. The van der Waals surface area contributed by atoms with Gasteiger partial charge >= 0.3 is 0 Å². The van der Waals surface area contributed by atoms with Crippen molar-refractivity contribution in [2.75, 3.05) is 70.9 Å². The predicted octanol–water partition coefficient (Wildman–Crippen LogP) is 2.55. The monoisotopic (exact) mass is 429 g/mol. The Kier molecular flexibility index (Phi) is 6.93. The van der Waals surface area contributed by atoms with E-state index in [1.165, 1.54) is 0 Å². The van der Waals surface area contributed by atoms with Gasteiger partial charge in [-0.15, -0.1) is 0 Å². The first-order valence-electron chi connectivity index (χ1n) is 10.7. The Balaban J connectivity index is 1.43. The van der Waals surface area contributed by atoms with Gasteiger partial charge < -0.3 is 29.2 Å². The molecule has 2 fully saturated rings. The van der Waals surface area contributed by atoms with Gasteiger partial charge in [0.25, 0.3) is 0 Å². The summed E-state index contributed by atoms with van der Waals surface area (Å²) in [4.78, 5) is 13.8. The number of piperidine rings is 1. The van der Waals surface area contributed by atoms with E-state index in [0.717, 1.165) is 69.6 Å². The maximum atomic E-state index is 5.49. The van der Waals surface area contributed by atoms with Gasteiger partial charge in [-0.2, -0.15) is 0 Å². The number of morpholine rings is 1. The van der Waals surface area contributed by atoms with E-state index in [1.54, 1.807) is 27.7 Å². The molecule has 9 heteroatoms. The molecule has 0 aliphatic carbocycles. The van der Waals surface area contributed by atoms with Crippen LogP contribution in [0.1, 0.15) is 12.8 Å². The third-order valence-electron chi connectivity index (χ3n) is 5.94. The number of methoxy groups -OCH3 is 3. The zero-order valence-corrected chi connectivity index (χ0v) is 18.5. The van der Waals surface area contributed by atoms with Crippen molar-refractivity contribution in [2.45, 2.75) is 18.9 Å². The molecule has 168 valence electrons. The first-order chi connectivity index (χ1) is 15.2. The molecule has 3 heterocycles. The summed E-state index contributed by atoms with van der Waals surface area (Å²) < 4.78 is 21.8. The number of hydrogen-bond donors (Lipinski definition) is 1. The van der Waals surface area contributed by atoms with E-state index in [-0.39, 0.29) is 0 Å². The van der Waals surface area contributed by atoms with E-state index in [4.69, 9.17) is 18.9 Å². The smallest absolute Gasteiger partial charge is 0.203 e. The van der Waals surface area contributed by atoms with Gasteiger partial charge in [-0.3, -0.25) is 4.90 Å². The Morgan fingerprint density at radius 1 is 0.903 bits per heavy atom. The van der Waals surface area contributed by atoms with Gasteiger partial charge in [-0.25, -0.2) is 9.97 Å². The van der Waals surface area contributed by atoms with Gasteiger partial charge in [-0.05, 0) is 12.8 Å². The minimum Gasteiger partial charge on any atom is -0.493 e. The largest absolute Gasteiger partial charge is 0.493 e. The first-order valence-corrected chi connectivity index (χ1v) is 10.7. The third kappa shape index (κ3) is 4.94. The number of nitrogens with one attached hydrogen (secondary N) is 1. The highest BCUT2D eigenvalue weighted by molar-refractivity contribution is 5.67. The topological polar surface area (TPSA) is 81.2 Å². The summed E-state index contributed by atoms with van der Waals surface area (Å²) in [6, 6.07) is 6.34. The fraction of sp³-hybridized carbons (Fsp3) is 0.545. The second kappa shape index (κ2) is 10.0. The fourth-order valence-electron chi connectivity index (χ4n) is 4.29. The second-order valence-corrected chi connectivity index (χ2v) is 7.67. The van der Waals surface area contributed by atoms with Gasteiger partial charge in [0.1, 0.15) is 18.0 Å². The molecule has 9 nitrogen and oxygen atoms in total. The van der Waals surface area contributed by atoms with Crippen LogP contribution in [0.25, 0.3) is 0 Å². The fourth-order valence-corrected chi connectivity index (χ4v) is 4.29. The van der Waals surface area contributed by atoms with E-state index in [9.17, 15) is 0 Å². The standard InChI is InChI=1S/C22H31N5O4/c1-28-18-12-16(13-19(29-2)22(18)30-3)25-20-14-21(24-15-23-20)27-6-4-17(5-7-27)26-8-10-31-11-9-26/h12-15,17H,4-11H2,1-3H3,(H,23,24,25). The molecule has 1 aromatic carbocycles. The second-order valence-electron chi connectivity index (χ2n) is 7.67. The van der Waals surface area contributed by atoms with Crippen LogP contribution in [0.15, 0.2) is 24.5 Å². The van der Waals surface area contributed by atoms with Crippen LogP contribution in [0.2, 0.25) is 0 Å². The molecule has 2 aliphatic rings. The van der Waals surface area contributed by atoms with Gasteiger partial charge in [0.15, 0.2) is 11.5 Å². The molecule has 0 spiro atoms. The maximum Gasteiger partial charge on any atom is 0.203 e. The van der Waals surface area contributed by atoms with Crippen molar-refractivity contribution in [3.63, 3.8) is 0 Å². The van der Waals surface area contributed by atoms with Crippen LogP contribution in [0, 0.1) is 0 Å². The average Bonchev–Trinajstić information content (AvgIpc) is 2.84. The molecule has 2 aliphatic heterocycles. The molecular formula is C22H31N5O4. The molecule has 4 rings (SSSR count). The first kappa shape index (κ1) is 21.5. The van der Waals surface area contributed by atoms with Crippen LogP contribution in [-0.2, 0) is 4.74 Å². The number of aromatic nitrogens is 2. The Labute approximate surface area is 183 Å². The number of rotatable bonds is 7. The van der Waals surface area contributed by atoms with Crippen LogP contribution < -0.4 is 24.4 Å². The highest BCUT2D eigenvalue weighted by atomic mass is 16.5. The average molecular weight is 430 g/mol. The molecule has 0 atom stereocenters. The molecule has 31 heavy (non-hydrogen) atoms. The van der Waals surface area contributed by atoms with Crippen LogP contribution in [0.4, 0.5) is 17.3 Å². The molecule has 0 bridgehead atoms. The molecule has 0 amide bonds. The van der Waals surface area contributed by atoms with Crippen LogP contribution >= 0.6 is 0 Å². The van der Waals surface area contributed by atoms with Crippen molar-refractivity contribution >= 4 is 17.3 Å². The summed E-state index contributed by atoms with van der Waals surface area (Å²) >= 11 is 0. The van der Waals surface area contributed by atoms with Crippen molar-refractivity contribution in [1.29, 1.82) is 0 Å². The lowest BCUT2D eigenvalue weighted by Crippen LogP contribution is -2.49. The Morgan fingerprint density at radius 3 is 2.19 bits per heavy atom. The Hall–Kier alpha value is -2.78. The van der Waals surface area contributed by atoms with Gasteiger partial charge in [0.2, 0.25) is 5.75 Å². The molecule has 0 radical (unpaired) electrons. The van der Waals surface area contributed by atoms with Gasteiger partial charge in [0, 0.05) is 56.1 Å². The summed E-state index contributed by atoms with van der Waals surface area (Å²) in [6.45, 7) is 5.76. The SMILES string of the molecule is COc1cc(Nc2cc(N3CCC(N4CCOCC4)CC3)ncn2)cc(OC)c1OC. The zero-order chi connectivity index (χ0) is 21.6. The van der Waals surface area contributed by atoms with E-state index in [1.807, 2.05) is 18.2 Å². The lowest BCUT2D eigenvalue weighted by molar-refractivity contribution is 0.0115. The van der Waals surface area contributed by atoms with E-state index < -0.39 is 0 Å². The molecule has 0 saturated carbocycles. The summed E-state index contributed by atoms with van der Waals surface area (Å²) in [5, 5.41) is 3.33. The number of nitrogens with zero attached hydrogens (tertiary/aromatic N) is 4. The van der Waals surface area contributed by atoms with E-state index in [0.29, 0.717) is 23.3 Å². The molecule has 2 aromatic rings. The number of benzene rings is 1. The van der Waals surface area contributed by atoms with Gasteiger partial charge in [0.05, 0.1) is 34.5 Å². The minimum absolute atomic E-state index is 0.557. The summed E-state index contributed by atoms with van der Waals surface area (Å²) in [6.07, 6.45) is 3.88.